The van der Waals surface area contributed by atoms with E-state index in [1.54, 1.807) is 12.1 Å². The topological polar surface area (TPSA) is 66.5 Å². The number of carbonyl (C=O) groups excluding carboxylic acids is 1. The maximum Gasteiger partial charge on any atom is 0.264 e. The molecule has 0 fully saturated rings. The van der Waals surface area contributed by atoms with Gasteiger partial charge in [0.25, 0.3) is 15.9 Å². The average molecular weight is 421 g/mol. The largest absolute Gasteiger partial charge is 0.322 e. The average Bonchev–Trinajstić information content (AvgIpc) is 2.76. The van der Waals surface area contributed by atoms with Gasteiger partial charge in [0.2, 0.25) is 0 Å². The summed E-state index contributed by atoms with van der Waals surface area (Å²) in [6.07, 6.45) is 1.66. The van der Waals surface area contributed by atoms with Gasteiger partial charge in [0, 0.05) is 17.8 Å². The minimum atomic E-state index is -3.69. The van der Waals surface area contributed by atoms with Gasteiger partial charge in [0.1, 0.15) is 0 Å². The molecule has 0 unspecified atom stereocenters. The van der Waals surface area contributed by atoms with Crippen LogP contribution in [0.15, 0.2) is 71.6 Å². The van der Waals surface area contributed by atoms with Gasteiger partial charge in [-0.15, -0.1) is 0 Å². The number of para-hydroxylation sites is 1. The molecule has 0 radical (unpaired) electrons. The van der Waals surface area contributed by atoms with E-state index >= 15 is 0 Å². The zero-order valence-corrected chi connectivity index (χ0v) is 17.9. The van der Waals surface area contributed by atoms with Crippen molar-refractivity contribution in [3.8, 4) is 0 Å². The molecule has 1 aliphatic rings. The SMILES string of the molecule is Cc1ccc(NC(=O)c2ccc(S(=O)(=O)N3CCCc4ccccc43)cc2)cc1C. The van der Waals surface area contributed by atoms with Crippen molar-refractivity contribution in [1.82, 2.24) is 0 Å². The summed E-state index contributed by atoms with van der Waals surface area (Å²) in [5.41, 5.74) is 5.14. The van der Waals surface area contributed by atoms with Gasteiger partial charge in [-0.1, -0.05) is 24.3 Å². The van der Waals surface area contributed by atoms with Crippen LogP contribution in [0.4, 0.5) is 11.4 Å². The summed E-state index contributed by atoms with van der Waals surface area (Å²) in [7, 11) is -3.69. The van der Waals surface area contributed by atoms with Crippen LogP contribution in [0, 0.1) is 13.8 Å². The van der Waals surface area contributed by atoms with E-state index in [-0.39, 0.29) is 10.8 Å². The minimum absolute atomic E-state index is 0.182. The molecule has 0 saturated heterocycles. The van der Waals surface area contributed by atoms with Crippen LogP contribution in [0.1, 0.15) is 33.5 Å². The van der Waals surface area contributed by atoms with Crippen LogP contribution in [0.25, 0.3) is 0 Å². The van der Waals surface area contributed by atoms with E-state index < -0.39 is 10.0 Å². The summed E-state index contributed by atoms with van der Waals surface area (Å²) in [6.45, 7) is 4.46. The highest BCUT2D eigenvalue weighted by Crippen LogP contribution is 2.31. The lowest BCUT2D eigenvalue weighted by Gasteiger charge is -2.30. The van der Waals surface area contributed by atoms with Crippen molar-refractivity contribution in [1.29, 1.82) is 0 Å². The molecule has 3 aromatic rings. The van der Waals surface area contributed by atoms with Crippen LogP contribution < -0.4 is 9.62 Å². The third kappa shape index (κ3) is 3.83. The van der Waals surface area contributed by atoms with Gasteiger partial charge in [-0.2, -0.15) is 0 Å². The highest BCUT2D eigenvalue weighted by molar-refractivity contribution is 7.92. The van der Waals surface area contributed by atoms with Gasteiger partial charge in [0.05, 0.1) is 10.6 Å². The van der Waals surface area contributed by atoms with Crippen LogP contribution in [0.5, 0.6) is 0 Å². The second-order valence-corrected chi connectivity index (χ2v) is 9.45. The Morgan fingerprint density at radius 2 is 1.67 bits per heavy atom. The number of hydrogen-bond acceptors (Lipinski definition) is 3. The van der Waals surface area contributed by atoms with Crippen molar-refractivity contribution in [2.45, 2.75) is 31.6 Å². The van der Waals surface area contributed by atoms with Crippen LogP contribution in [-0.2, 0) is 16.4 Å². The maximum absolute atomic E-state index is 13.2. The van der Waals surface area contributed by atoms with E-state index in [0.29, 0.717) is 17.8 Å². The fourth-order valence-corrected chi connectivity index (χ4v) is 5.22. The number of anilines is 2. The van der Waals surface area contributed by atoms with Crippen molar-refractivity contribution in [3.05, 3.63) is 89.0 Å². The Bertz CT molecular complexity index is 1200. The monoisotopic (exact) mass is 420 g/mol. The lowest BCUT2D eigenvalue weighted by atomic mass is 10.0. The molecule has 0 bridgehead atoms. The van der Waals surface area contributed by atoms with Crippen LogP contribution in [0.2, 0.25) is 0 Å². The molecular formula is C24H24N2O3S. The number of carbonyl (C=O) groups is 1. The molecule has 1 amide bonds. The second kappa shape index (κ2) is 7.95. The van der Waals surface area contributed by atoms with E-state index in [1.165, 1.54) is 16.4 Å². The highest BCUT2D eigenvalue weighted by Gasteiger charge is 2.28. The molecule has 4 rings (SSSR count). The standard InChI is InChI=1S/C24H24N2O3S/c1-17-9-12-21(16-18(17)2)25-24(27)20-10-13-22(14-11-20)30(28,29)26-15-5-7-19-6-3-4-8-23(19)26/h3-4,6,8-14,16H,5,7,15H2,1-2H3,(H,25,27). The Labute approximate surface area is 177 Å². The molecule has 3 aromatic carbocycles. The zero-order chi connectivity index (χ0) is 21.3. The van der Waals surface area contributed by atoms with E-state index in [9.17, 15) is 13.2 Å². The van der Waals surface area contributed by atoms with Crippen LogP contribution in [0.3, 0.4) is 0 Å². The molecule has 6 heteroatoms. The summed E-state index contributed by atoms with van der Waals surface area (Å²) in [6, 6.07) is 19.4. The van der Waals surface area contributed by atoms with Gasteiger partial charge in [0.15, 0.2) is 0 Å². The molecule has 1 aliphatic heterocycles. The predicted octanol–water partition coefficient (Wildman–Crippen LogP) is 4.70. The Morgan fingerprint density at radius 3 is 2.40 bits per heavy atom. The van der Waals surface area contributed by atoms with E-state index in [4.69, 9.17) is 0 Å². The summed E-state index contributed by atoms with van der Waals surface area (Å²) in [4.78, 5) is 12.7. The first kappa shape index (κ1) is 20.2. The van der Waals surface area contributed by atoms with E-state index in [0.717, 1.165) is 35.2 Å². The lowest BCUT2D eigenvalue weighted by molar-refractivity contribution is 0.102. The van der Waals surface area contributed by atoms with Crippen molar-refractivity contribution < 1.29 is 13.2 Å². The third-order valence-electron chi connectivity index (χ3n) is 5.54. The Hall–Kier alpha value is -3.12. The Kier molecular flexibility index (Phi) is 5.35. The fourth-order valence-electron chi connectivity index (χ4n) is 3.68. The van der Waals surface area contributed by atoms with Gasteiger partial charge in [-0.25, -0.2) is 8.42 Å². The molecule has 30 heavy (non-hydrogen) atoms. The molecule has 0 spiro atoms. The zero-order valence-electron chi connectivity index (χ0n) is 17.1. The Balaban J connectivity index is 1.56. The predicted molar refractivity (Wildman–Crippen MR) is 120 cm³/mol. The first-order chi connectivity index (χ1) is 14.4. The summed E-state index contributed by atoms with van der Waals surface area (Å²) >= 11 is 0. The lowest BCUT2D eigenvalue weighted by Crippen LogP contribution is -2.35. The maximum atomic E-state index is 13.2. The quantitative estimate of drug-likeness (QED) is 0.665. The first-order valence-electron chi connectivity index (χ1n) is 9.95. The number of aryl methyl sites for hydroxylation is 3. The van der Waals surface area contributed by atoms with Gasteiger partial charge in [-0.05, 0) is 85.8 Å². The van der Waals surface area contributed by atoms with Crippen molar-refractivity contribution in [2.75, 3.05) is 16.2 Å². The fraction of sp³-hybridized carbons (Fsp3) is 0.208. The van der Waals surface area contributed by atoms with E-state index in [1.807, 2.05) is 56.3 Å². The molecular weight excluding hydrogens is 396 g/mol. The van der Waals surface area contributed by atoms with Crippen LogP contribution in [-0.4, -0.2) is 20.9 Å². The normalized spacial score (nSPS) is 13.6. The smallest absolute Gasteiger partial charge is 0.264 e. The number of sulfonamides is 1. The molecule has 1 N–H and O–H groups in total. The first-order valence-corrected chi connectivity index (χ1v) is 11.4. The summed E-state index contributed by atoms with van der Waals surface area (Å²) in [5.74, 6) is -0.273. The number of benzene rings is 3. The van der Waals surface area contributed by atoms with Gasteiger partial charge in [-0.3, -0.25) is 9.10 Å². The van der Waals surface area contributed by atoms with Crippen molar-refractivity contribution in [2.24, 2.45) is 0 Å². The highest BCUT2D eigenvalue weighted by atomic mass is 32.2. The number of nitrogens with one attached hydrogen (secondary N) is 1. The number of fused-ring (bicyclic) bond motifs is 1. The third-order valence-corrected chi connectivity index (χ3v) is 7.36. The molecule has 5 nitrogen and oxygen atoms in total. The number of hydrogen-bond donors (Lipinski definition) is 1. The molecule has 0 atom stereocenters. The minimum Gasteiger partial charge on any atom is -0.322 e. The van der Waals surface area contributed by atoms with Gasteiger partial charge >= 0.3 is 0 Å². The van der Waals surface area contributed by atoms with Gasteiger partial charge < -0.3 is 5.32 Å². The van der Waals surface area contributed by atoms with Crippen molar-refractivity contribution >= 4 is 27.3 Å². The molecule has 0 aliphatic carbocycles. The molecule has 0 saturated carbocycles. The van der Waals surface area contributed by atoms with Crippen molar-refractivity contribution in [3.63, 3.8) is 0 Å². The molecule has 1 heterocycles. The van der Waals surface area contributed by atoms with E-state index in [2.05, 4.69) is 5.32 Å². The Morgan fingerprint density at radius 1 is 0.933 bits per heavy atom. The summed E-state index contributed by atoms with van der Waals surface area (Å²) < 4.78 is 27.9. The van der Waals surface area contributed by atoms with Crippen LogP contribution >= 0.6 is 0 Å². The second-order valence-electron chi connectivity index (χ2n) is 7.59. The number of rotatable bonds is 4. The summed E-state index contributed by atoms with van der Waals surface area (Å²) in [5, 5.41) is 2.86. The molecule has 0 aromatic heterocycles. The molecule has 154 valence electrons. The number of nitrogens with zero attached hydrogens (tertiary/aromatic N) is 1. The number of amides is 1.